The molecule has 1 unspecified atom stereocenters. The summed E-state index contributed by atoms with van der Waals surface area (Å²) in [6.45, 7) is 2.72. The fourth-order valence-electron chi connectivity index (χ4n) is 1.24. The Morgan fingerprint density at radius 3 is 2.94 bits per heavy atom. The van der Waals surface area contributed by atoms with E-state index in [0.717, 1.165) is 6.42 Å². The first-order valence-corrected chi connectivity index (χ1v) is 6.45. The van der Waals surface area contributed by atoms with E-state index in [9.17, 15) is 4.79 Å². The predicted molar refractivity (Wildman–Crippen MR) is 63.9 cm³/mol. The van der Waals surface area contributed by atoms with Gasteiger partial charge in [0.25, 0.3) is 0 Å². The van der Waals surface area contributed by atoms with Gasteiger partial charge in [0.1, 0.15) is 6.04 Å². The third-order valence-corrected chi connectivity index (χ3v) is 3.20. The minimum Gasteiger partial charge on any atom is -0.480 e. The molecule has 1 heterocycles. The number of carboxylic acids is 1. The lowest BCUT2D eigenvalue weighted by Crippen LogP contribution is -2.37. The number of carboxylic acid groups (broad SMARTS) is 1. The van der Waals surface area contributed by atoms with Gasteiger partial charge < -0.3 is 10.4 Å². The van der Waals surface area contributed by atoms with Crippen LogP contribution in [0, 0.1) is 0 Å². The van der Waals surface area contributed by atoms with Crippen LogP contribution in [0.2, 0.25) is 0 Å². The molecule has 0 aliphatic carbocycles. The van der Waals surface area contributed by atoms with E-state index in [-0.39, 0.29) is 0 Å². The summed E-state index contributed by atoms with van der Waals surface area (Å²) in [5.41, 5.74) is 0. The van der Waals surface area contributed by atoms with E-state index in [4.69, 9.17) is 5.11 Å². The van der Waals surface area contributed by atoms with Crippen molar-refractivity contribution in [3.63, 3.8) is 0 Å². The van der Waals surface area contributed by atoms with Crippen LogP contribution in [0.15, 0.2) is 5.16 Å². The molecule has 0 saturated carbocycles. The Morgan fingerprint density at radius 1 is 1.65 bits per heavy atom. The summed E-state index contributed by atoms with van der Waals surface area (Å²) in [5, 5.41) is 23.7. The second-order valence-corrected chi connectivity index (χ2v) is 4.63. The molecule has 1 aromatic heterocycles. The van der Waals surface area contributed by atoms with Crippen LogP contribution in [-0.2, 0) is 11.8 Å². The number of nitrogens with zero attached hydrogens (tertiary/aromatic N) is 4. The highest BCUT2D eigenvalue weighted by molar-refractivity contribution is 7.99. The molecule has 0 radical (unpaired) electrons. The number of hydrogen-bond acceptors (Lipinski definition) is 6. The van der Waals surface area contributed by atoms with Crippen LogP contribution in [-0.4, -0.2) is 49.6 Å². The molecule has 0 fully saturated rings. The molecule has 0 aliphatic heterocycles. The highest BCUT2D eigenvalue weighted by Gasteiger charge is 2.16. The summed E-state index contributed by atoms with van der Waals surface area (Å²) in [5.74, 6) is -0.142. The summed E-state index contributed by atoms with van der Waals surface area (Å²) in [6.07, 6.45) is 1.47. The third-order valence-electron chi connectivity index (χ3n) is 2.16. The molecule has 0 aliphatic rings. The van der Waals surface area contributed by atoms with Gasteiger partial charge in [-0.25, -0.2) is 4.68 Å². The minimum atomic E-state index is -0.810. The largest absolute Gasteiger partial charge is 0.480 e. The zero-order valence-corrected chi connectivity index (χ0v) is 10.8. The van der Waals surface area contributed by atoms with E-state index in [1.807, 2.05) is 6.92 Å². The zero-order valence-electron chi connectivity index (χ0n) is 9.96. The van der Waals surface area contributed by atoms with Crippen molar-refractivity contribution in [1.82, 2.24) is 25.5 Å². The van der Waals surface area contributed by atoms with Crippen molar-refractivity contribution in [2.24, 2.45) is 7.05 Å². The van der Waals surface area contributed by atoms with Crippen LogP contribution in [0.1, 0.15) is 19.8 Å². The smallest absolute Gasteiger partial charge is 0.320 e. The second-order valence-electron chi connectivity index (χ2n) is 3.57. The molecule has 1 atom stereocenters. The number of rotatable bonds is 8. The molecular weight excluding hydrogens is 242 g/mol. The van der Waals surface area contributed by atoms with Gasteiger partial charge in [0.05, 0.1) is 0 Å². The van der Waals surface area contributed by atoms with E-state index >= 15 is 0 Å². The molecule has 0 amide bonds. The zero-order chi connectivity index (χ0) is 12.7. The SMILES string of the molecule is CCCNC(CCSc1nnnn1C)C(=O)O. The van der Waals surface area contributed by atoms with Gasteiger partial charge in [-0.1, -0.05) is 18.7 Å². The molecule has 8 heteroatoms. The topological polar surface area (TPSA) is 92.9 Å². The summed E-state index contributed by atoms with van der Waals surface area (Å²) < 4.78 is 1.57. The lowest BCUT2D eigenvalue weighted by Gasteiger charge is -2.12. The van der Waals surface area contributed by atoms with Crippen molar-refractivity contribution in [2.75, 3.05) is 12.3 Å². The number of tetrazole rings is 1. The van der Waals surface area contributed by atoms with Gasteiger partial charge in [-0.05, 0) is 29.8 Å². The van der Waals surface area contributed by atoms with E-state index in [2.05, 4.69) is 20.8 Å². The molecule has 0 spiro atoms. The predicted octanol–water partition coefficient (Wildman–Crippen LogP) is 0.145. The first-order valence-electron chi connectivity index (χ1n) is 5.46. The Kier molecular flexibility index (Phi) is 5.92. The summed E-state index contributed by atoms with van der Waals surface area (Å²) in [7, 11) is 1.76. The van der Waals surface area contributed by atoms with Crippen LogP contribution in [0.3, 0.4) is 0 Å². The average Bonchev–Trinajstić information content (AvgIpc) is 2.69. The molecule has 0 bridgehead atoms. The molecule has 0 saturated heterocycles. The van der Waals surface area contributed by atoms with Gasteiger partial charge in [0.15, 0.2) is 0 Å². The van der Waals surface area contributed by atoms with Crippen molar-refractivity contribution in [3.05, 3.63) is 0 Å². The molecule has 17 heavy (non-hydrogen) atoms. The third kappa shape index (κ3) is 4.70. The molecular formula is C9H17N5O2S. The van der Waals surface area contributed by atoms with Crippen molar-refractivity contribution in [2.45, 2.75) is 31.0 Å². The number of aryl methyl sites for hydroxylation is 1. The van der Waals surface area contributed by atoms with Gasteiger partial charge >= 0.3 is 5.97 Å². The van der Waals surface area contributed by atoms with Gasteiger partial charge in [-0.15, -0.1) is 5.10 Å². The monoisotopic (exact) mass is 259 g/mol. The van der Waals surface area contributed by atoms with E-state index in [1.165, 1.54) is 11.8 Å². The summed E-state index contributed by atoms with van der Waals surface area (Å²) in [4.78, 5) is 10.9. The average molecular weight is 259 g/mol. The normalized spacial score (nSPS) is 12.6. The minimum absolute atomic E-state index is 0.497. The Labute approximate surface area is 104 Å². The maximum absolute atomic E-state index is 10.9. The highest BCUT2D eigenvalue weighted by atomic mass is 32.2. The van der Waals surface area contributed by atoms with Gasteiger partial charge in [0.2, 0.25) is 5.16 Å². The van der Waals surface area contributed by atoms with Crippen LogP contribution in [0.5, 0.6) is 0 Å². The lowest BCUT2D eigenvalue weighted by atomic mass is 10.2. The van der Waals surface area contributed by atoms with Crippen molar-refractivity contribution < 1.29 is 9.90 Å². The number of nitrogens with one attached hydrogen (secondary N) is 1. The quantitative estimate of drug-likeness (QED) is 0.642. The standard InChI is InChI=1S/C9H17N5O2S/c1-3-5-10-7(8(15)16)4-6-17-9-11-12-13-14(9)2/h7,10H,3-6H2,1-2H3,(H,15,16). The van der Waals surface area contributed by atoms with Crippen LogP contribution in [0.25, 0.3) is 0 Å². The first kappa shape index (κ1) is 13.9. The number of aliphatic carboxylic acids is 1. The van der Waals surface area contributed by atoms with E-state index in [1.54, 1.807) is 11.7 Å². The Balaban J connectivity index is 2.32. The molecule has 1 rings (SSSR count). The molecule has 7 nitrogen and oxygen atoms in total. The van der Waals surface area contributed by atoms with Crippen LogP contribution in [0.4, 0.5) is 0 Å². The fraction of sp³-hybridized carbons (Fsp3) is 0.778. The first-order chi connectivity index (χ1) is 8.15. The Bertz CT molecular complexity index is 357. The van der Waals surface area contributed by atoms with Crippen molar-refractivity contribution >= 4 is 17.7 Å². The number of thioether (sulfide) groups is 1. The fourth-order valence-corrected chi connectivity index (χ4v) is 2.10. The second kappa shape index (κ2) is 7.23. The maximum atomic E-state index is 10.9. The van der Waals surface area contributed by atoms with E-state index < -0.39 is 12.0 Å². The maximum Gasteiger partial charge on any atom is 0.320 e. The number of carbonyl (C=O) groups is 1. The molecule has 2 N–H and O–H groups in total. The molecule has 0 aromatic carbocycles. The summed E-state index contributed by atoms with van der Waals surface area (Å²) >= 11 is 1.46. The molecule has 1 aromatic rings. The Morgan fingerprint density at radius 2 is 2.41 bits per heavy atom. The lowest BCUT2D eigenvalue weighted by molar-refractivity contribution is -0.139. The van der Waals surface area contributed by atoms with Gasteiger partial charge in [-0.2, -0.15) is 0 Å². The highest BCUT2D eigenvalue weighted by Crippen LogP contribution is 2.14. The number of aromatic nitrogens is 4. The van der Waals surface area contributed by atoms with Gasteiger partial charge in [0, 0.05) is 12.8 Å². The van der Waals surface area contributed by atoms with Crippen LogP contribution >= 0.6 is 11.8 Å². The Hall–Kier alpha value is -1.15. The number of hydrogen-bond donors (Lipinski definition) is 2. The van der Waals surface area contributed by atoms with Gasteiger partial charge in [-0.3, -0.25) is 4.79 Å². The van der Waals surface area contributed by atoms with E-state index in [0.29, 0.717) is 23.9 Å². The van der Waals surface area contributed by atoms with Crippen molar-refractivity contribution in [3.8, 4) is 0 Å². The van der Waals surface area contributed by atoms with Crippen LogP contribution < -0.4 is 5.32 Å². The van der Waals surface area contributed by atoms with Crippen molar-refractivity contribution in [1.29, 1.82) is 0 Å². The summed E-state index contributed by atoms with van der Waals surface area (Å²) in [6, 6.07) is -0.497. The molecule has 96 valence electrons.